The fraction of sp³-hybridized carbons (Fsp3) is 0.462. The number of ether oxygens (including phenoxy) is 1. The first-order chi connectivity index (χ1) is 8.15. The average Bonchev–Trinajstić information content (AvgIpc) is 2.29. The Kier molecular flexibility index (Phi) is 5.66. The summed E-state index contributed by atoms with van der Waals surface area (Å²) in [4.78, 5) is 2.16. The second kappa shape index (κ2) is 7.04. The van der Waals surface area contributed by atoms with Crippen molar-refractivity contribution < 1.29 is 4.74 Å². The van der Waals surface area contributed by atoms with Gasteiger partial charge in [0.1, 0.15) is 5.84 Å². The third-order valence-corrected chi connectivity index (χ3v) is 2.57. The molecule has 0 saturated heterocycles. The zero-order valence-corrected chi connectivity index (χ0v) is 10.6. The fourth-order valence-corrected chi connectivity index (χ4v) is 1.66. The molecule has 4 nitrogen and oxygen atoms in total. The number of benzene rings is 1. The third-order valence-electron chi connectivity index (χ3n) is 2.57. The lowest BCUT2D eigenvalue weighted by molar-refractivity contribution is 0.120. The van der Waals surface area contributed by atoms with Crippen LogP contribution in [0.1, 0.15) is 18.1 Å². The molecule has 0 aromatic heterocycles. The minimum Gasteiger partial charge on any atom is -0.384 e. The number of nitrogens with one attached hydrogen (secondary N) is 1. The Hall–Kier alpha value is -1.39. The summed E-state index contributed by atoms with van der Waals surface area (Å²) in [5, 5.41) is 7.52. The van der Waals surface area contributed by atoms with Crippen LogP contribution in [0, 0.1) is 5.41 Å². The molecule has 0 fully saturated rings. The Morgan fingerprint density at radius 3 is 2.76 bits per heavy atom. The van der Waals surface area contributed by atoms with Crippen LogP contribution in [-0.4, -0.2) is 37.5 Å². The van der Waals surface area contributed by atoms with E-state index in [-0.39, 0.29) is 5.84 Å². The van der Waals surface area contributed by atoms with Crippen LogP contribution in [0.5, 0.6) is 0 Å². The van der Waals surface area contributed by atoms with Gasteiger partial charge in [0.05, 0.1) is 6.61 Å². The quantitative estimate of drug-likeness (QED) is 0.427. The Morgan fingerprint density at radius 2 is 2.12 bits per heavy atom. The predicted octanol–water partition coefficient (Wildman–Crippen LogP) is 1.44. The third kappa shape index (κ3) is 4.54. The topological polar surface area (TPSA) is 62.3 Å². The van der Waals surface area contributed by atoms with Gasteiger partial charge in [-0.3, -0.25) is 10.3 Å². The summed E-state index contributed by atoms with van der Waals surface area (Å²) in [6.45, 7) is 5.13. The van der Waals surface area contributed by atoms with Crippen molar-refractivity contribution >= 4 is 5.84 Å². The van der Waals surface area contributed by atoms with E-state index in [0.717, 1.165) is 37.4 Å². The van der Waals surface area contributed by atoms with E-state index in [2.05, 4.69) is 4.90 Å². The zero-order chi connectivity index (χ0) is 12.7. The van der Waals surface area contributed by atoms with Gasteiger partial charge in [0.2, 0.25) is 0 Å². The molecule has 0 atom stereocenters. The van der Waals surface area contributed by atoms with E-state index in [9.17, 15) is 0 Å². The van der Waals surface area contributed by atoms with Gasteiger partial charge in [-0.15, -0.1) is 0 Å². The number of nitrogen functional groups attached to an aromatic ring is 1. The second-order valence-corrected chi connectivity index (χ2v) is 4.01. The number of hydrogen-bond donors (Lipinski definition) is 2. The summed E-state index contributed by atoms with van der Waals surface area (Å²) in [7, 11) is 2.04. The maximum atomic E-state index is 7.52. The van der Waals surface area contributed by atoms with E-state index >= 15 is 0 Å². The largest absolute Gasteiger partial charge is 0.384 e. The first-order valence-corrected chi connectivity index (χ1v) is 5.83. The van der Waals surface area contributed by atoms with Gasteiger partial charge in [-0.05, 0) is 19.5 Å². The van der Waals surface area contributed by atoms with Gasteiger partial charge in [-0.1, -0.05) is 24.3 Å². The smallest absolute Gasteiger partial charge is 0.123 e. The molecule has 0 aliphatic rings. The number of nitrogens with two attached hydrogens (primary N) is 1. The van der Waals surface area contributed by atoms with Crippen molar-refractivity contribution in [1.29, 1.82) is 5.41 Å². The van der Waals surface area contributed by atoms with Gasteiger partial charge in [0.15, 0.2) is 0 Å². The van der Waals surface area contributed by atoms with Gasteiger partial charge >= 0.3 is 0 Å². The summed E-state index contributed by atoms with van der Waals surface area (Å²) in [6.07, 6.45) is 0. The molecule has 1 aromatic carbocycles. The molecule has 0 heterocycles. The van der Waals surface area contributed by atoms with Crippen LogP contribution >= 0.6 is 0 Å². The molecule has 0 aliphatic heterocycles. The summed E-state index contributed by atoms with van der Waals surface area (Å²) in [6, 6.07) is 7.76. The van der Waals surface area contributed by atoms with E-state index in [0.29, 0.717) is 0 Å². The number of likely N-dealkylation sites (N-methyl/N-ethyl adjacent to an activating group) is 1. The van der Waals surface area contributed by atoms with Crippen LogP contribution in [-0.2, 0) is 11.3 Å². The minimum atomic E-state index is 0.124. The number of amidine groups is 1. The van der Waals surface area contributed by atoms with Crippen molar-refractivity contribution in [2.75, 3.05) is 26.8 Å². The molecule has 94 valence electrons. The van der Waals surface area contributed by atoms with E-state index in [1.165, 1.54) is 0 Å². The summed E-state index contributed by atoms with van der Waals surface area (Å²) in [5.74, 6) is 0.124. The molecular formula is C13H21N3O. The molecule has 0 unspecified atom stereocenters. The van der Waals surface area contributed by atoms with E-state index in [1.54, 1.807) is 0 Å². The number of nitrogens with zero attached hydrogens (tertiary/aromatic N) is 1. The van der Waals surface area contributed by atoms with Gasteiger partial charge in [-0.25, -0.2) is 0 Å². The van der Waals surface area contributed by atoms with Crippen LogP contribution in [0.3, 0.4) is 0 Å². The van der Waals surface area contributed by atoms with Crippen LogP contribution in [0.4, 0.5) is 0 Å². The minimum absolute atomic E-state index is 0.124. The molecule has 17 heavy (non-hydrogen) atoms. The van der Waals surface area contributed by atoms with Crippen LogP contribution < -0.4 is 5.73 Å². The Bertz CT molecular complexity index is 365. The van der Waals surface area contributed by atoms with Crippen molar-refractivity contribution in [2.24, 2.45) is 5.73 Å². The summed E-state index contributed by atoms with van der Waals surface area (Å²) < 4.78 is 5.31. The Labute approximate surface area is 103 Å². The van der Waals surface area contributed by atoms with Gasteiger partial charge < -0.3 is 10.5 Å². The summed E-state index contributed by atoms with van der Waals surface area (Å²) in [5.41, 5.74) is 7.45. The zero-order valence-electron chi connectivity index (χ0n) is 10.6. The highest BCUT2D eigenvalue weighted by atomic mass is 16.5. The molecule has 0 radical (unpaired) electrons. The van der Waals surface area contributed by atoms with Crippen LogP contribution in [0.25, 0.3) is 0 Å². The molecule has 0 aliphatic carbocycles. The number of rotatable bonds is 7. The first-order valence-electron chi connectivity index (χ1n) is 5.83. The molecule has 0 spiro atoms. The standard InChI is InChI=1S/C13H21N3O/c1-3-17-9-8-16(2)10-11-6-4-5-7-12(11)13(14)15/h4-7H,3,8-10H2,1-2H3,(H3,14,15). The van der Waals surface area contributed by atoms with Crippen molar-refractivity contribution in [3.8, 4) is 0 Å². The monoisotopic (exact) mass is 235 g/mol. The molecule has 0 saturated carbocycles. The van der Waals surface area contributed by atoms with Gasteiger partial charge in [0, 0.05) is 25.3 Å². The maximum absolute atomic E-state index is 7.52. The van der Waals surface area contributed by atoms with Gasteiger partial charge in [0.25, 0.3) is 0 Å². The molecule has 3 N–H and O–H groups in total. The lowest BCUT2D eigenvalue weighted by Crippen LogP contribution is -2.24. The molecule has 4 heteroatoms. The fourth-order valence-electron chi connectivity index (χ4n) is 1.66. The van der Waals surface area contributed by atoms with Crippen molar-refractivity contribution in [2.45, 2.75) is 13.5 Å². The highest BCUT2D eigenvalue weighted by Gasteiger charge is 2.06. The second-order valence-electron chi connectivity index (χ2n) is 4.01. The van der Waals surface area contributed by atoms with Crippen molar-refractivity contribution in [3.63, 3.8) is 0 Å². The first kappa shape index (κ1) is 13.7. The highest BCUT2D eigenvalue weighted by Crippen LogP contribution is 2.10. The summed E-state index contributed by atoms with van der Waals surface area (Å²) >= 11 is 0. The van der Waals surface area contributed by atoms with E-state index in [1.807, 2.05) is 38.2 Å². The van der Waals surface area contributed by atoms with Crippen LogP contribution in [0.2, 0.25) is 0 Å². The Balaban J connectivity index is 2.58. The lowest BCUT2D eigenvalue weighted by Gasteiger charge is -2.18. The van der Waals surface area contributed by atoms with E-state index in [4.69, 9.17) is 15.9 Å². The predicted molar refractivity (Wildman–Crippen MR) is 70.3 cm³/mol. The molecule has 1 aromatic rings. The molecule has 1 rings (SSSR count). The molecular weight excluding hydrogens is 214 g/mol. The molecule has 0 amide bonds. The SMILES string of the molecule is CCOCCN(C)Cc1ccccc1C(=N)N. The highest BCUT2D eigenvalue weighted by molar-refractivity contribution is 5.96. The molecule has 0 bridgehead atoms. The van der Waals surface area contributed by atoms with E-state index < -0.39 is 0 Å². The van der Waals surface area contributed by atoms with Gasteiger partial charge in [-0.2, -0.15) is 0 Å². The maximum Gasteiger partial charge on any atom is 0.123 e. The average molecular weight is 235 g/mol. The van der Waals surface area contributed by atoms with Crippen molar-refractivity contribution in [1.82, 2.24) is 4.90 Å². The van der Waals surface area contributed by atoms with Crippen molar-refractivity contribution in [3.05, 3.63) is 35.4 Å². The number of hydrogen-bond acceptors (Lipinski definition) is 3. The normalized spacial score (nSPS) is 10.8. The Morgan fingerprint density at radius 1 is 1.41 bits per heavy atom. The van der Waals surface area contributed by atoms with Crippen LogP contribution in [0.15, 0.2) is 24.3 Å². The lowest BCUT2D eigenvalue weighted by atomic mass is 10.1.